The standard InChI is InChI=1S/C19H21NO5/c1-12-5-3-6-13(2)18(12)25-10-4-7-17(22)20-15-11-14(19(23)24)8-9-16(15)21/h3,5-6,8-9,11,21H,4,7,10H2,1-2H3,(H,20,22)(H,23,24). The topological polar surface area (TPSA) is 95.9 Å². The summed E-state index contributed by atoms with van der Waals surface area (Å²) in [6, 6.07) is 9.63. The number of carbonyl (C=O) groups excluding carboxylic acids is 1. The van der Waals surface area contributed by atoms with Gasteiger partial charge in [0, 0.05) is 6.42 Å². The van der Waals surface area contributed by atoms with Gasteiger partial charge >= 0.3 is 5.97 Å². The van der Waals surface area contributed by atoms with Gasteiger partial charge in [-0.1, -0.05) is 18.2 Å². The minimum Gasteiger partial charge on any atom is -0.506 e. The third kappa shape index (κ3) is 4.97. The number of carboxylic acid groups (broad SMARTS) is 1. The van der Waals surface area contributed by atoms with Crippen LogP contribution in [-0.2, 0) is 4.79 Å². The molecular formula is C19H21NO5. The van der Waals surface area contributed by atoms with Crippen molar-refractivity contribution >= 4 is 17.6 Å². The molecule has 0 saturated heterocycles. The summed E-state index contributed by atoms with van der Waals surface area (Å²) < 4.78 is 5.74. The fourth-order valence-corrected chi connectivity index (χ4v) is 2.42. The van der Waals surface area contributed by atoms with Gasteiger partial charge in [-0.25, -0.2) is 4.79 Å². The van der Waals surface area contributed by atoms with E-state index in [1.165, 1.54) is 18.2 Å². The number of hydrogen-bond donors (Lipinski definition) is 3. The Hall–Kier alpha value is -3.02. The highest BCUT2D eigenvalue weighted by Crippen LogP contribution is 2.25. The summed E-state index contributed by atoms with van der Waals surface area (Å²) in [6.45, 7) is 4.32. The Balaban J connectivity index is 1.85. The molecule has 0 aliphatic rings. The van der Waals surface area contributed by atoms with E-state index < -0.39 is 5.97 Å². The SMILES string of the molecule is Cc1cccc(C)c1OCCCC(=O)Nc1cc(C(=O)O)ccc1O. The Labute approximate surface area is 146 Å². The van der Waals surface area contributed by atoms with Crippen molar-refractivity contribution < 1.29 is 24.5 Å². The highest BCUT2D eigenvalue weighted by atomic mass is 16.5. The molecule has 0 bridgehead atoms. The molecule has 6 heteroatoms. The molecule has 2 aromatic carbocycles. The third-order valence-electron chi connectivity index (χ3n) is 3.72. The average molecular weight is 343 g/mol. The van der Waals surface area contributed by atoms with Crippen LogP contribution >= 0.6 is 0 Å². The van der Waals surface area contributed by atoms with Crippen LogP contribution in [0, 0.1) is 13.8 Å². The maximum absolute atomic E-state index is 12.0. The van der Waals surface area contributed by atoms with Crippen LogP contribution in [0.1, 0.15) is 34.3 Å². The maximum Gasteiger partial charge on any atom is 0.335 e. The second-order valence-corrected chi connectivity index (χ2v) is 5.76. The number of phenols is 1. The number of nitrogens with one attached hydrogen (secondary N) is 1. The first-order chi connectivity index (χ1) is 11.9. The molecule has 3 N–H and O–H groups in total. The van der Waals surface area contributed by atoms with Crippen LogP contribution in [0.15, 0.2) is 36.4 Å². The Kier molecular flexibility index (Phi) is 6.00. The second kappa shape index (κ2) is 8.19. The molecule has 0 radical (unpaired) electrons. The van der Waals surface area contributed by atoms with Crippen molar-refractivity contribution in [3.63, 3.8) is 0 Å². The lowest BCUT2D eigenvalue weighted by atomic mass is 10.1. The lowest BCUT2D eigenvalue weighted by Gasteiger charge is -2.12. The third-order valence-corrected chi connectivity index (χ3v) is 3.72. The molecular weight excluding hydrogens is 322 g/mol. The summed E-state index contributed by atoms with van der Waals surface area (Å²) in [5, 5.41) is 21.2. The monoisotopic (exact) mass is 343 g/mol. The number of para-hydroxylation sites is 1. The smallest absolute Gasteiger partial charge is 0.335 e. The average Bonchev–Trinajstić information content (AvgIpc) is 2.55. The molecule has 0 aliphatic heterocycles. The van der Waals surface area contributed by atoms with Crippen LogP contribution in [0.4, 0.5) is 5.69 Å². The zero-order chi connectivity index (χ0) is 18.4. The predicted octanol–water partition coefficient (Wildman–Crippen LogP) is 3.50. The summed E-state index contributed by atoms with van der Waals surface area (Å²) in [7, 11) is 0. The molecule has 0 saturated carbocycles. The Morgan fingerprint density at radius 3 is 2.44 bits per heavy atom. The number of carboxylic acids is 1. The molecule has 0 heterocycles. The summed E-state index contributed by atoms with van der Waals surface area (Å²) in [4.78, 5) is 22.9. The van der Waals surface area contributed by atoms with Crippen molar-refractivity contribution in [1.82, 2.24) is 0 Å². The predicted molar refractivity (Wildman–Crippen MR) is 94.3 cm³/mol. The van der Waals surface area contributed by atoms with Crippen molar-refractivity contribution in [2.45, 2.75) is 26.7 Å². The normalized spacial score (nSPS) is 10.3. The van der Waals surface area contributed by atoms with Crippen LogP contribution in [0.3, 0.4) is 0 Å². The quantitative estimate of drug-likeness (QED) is 0.528. The van der Waals surface area contributed by atoms with E-state index in [0.29, 0.717) is 13.0 Å². The van der Waals surface area contributed by atoms with E-state index in [9.17, 15) is 14.7 Å². The van der Waals surface area contributed by atoms with Gasteiger partial charge in [-0.05, 0) is 49.6 Å². The fraction of sp³-hybridized carbons (Fsp3) is 0.263. The number of benzene rings is 2. The highest BCUT2D eigenvalue weighted by Gasteiger charge is 2.11. The number of amides is 1. The number of phenolic OH excluding ortho intramolecular Hbond substituents is 1. The number of carbonyl (C=O) groups is 2. The second-order valence-electron chi connectivity index (χ2n) is 5.76. The van der Waals surface area contributed by atoms with E-state index in [0.717, 1.165) is 16.9 Å². The van der Waals surface area contributed by atoms with E-state index in [-0.39, 0.29) is 29.3 Å². The maximum atomic E-state index is 12.0. The van der Waals surface area contributed by atoms with E-state index in [2.05, 4.69) is 5.32 Å². The zero-order valence-corrected chi connectivity index (χ0v) is 14.2. The van der Waals surface area contributed by atoms with Gasteiger partial charge in [0.2, 0.25) is 5.91 Å². The summed E-state index contributed by atoms with van der Waals surface area (Å²) in [5.41, 5.74) is 2.16. The van der Waals surface area contributed by atoms with Gasteiger partial charge in [-0.2, -0.15) is 0 Å². The molecule has 0 spiro atoms. The van der Waals surface area contributed by atoms with Gasteiger partial charge in [0.1, 0.15) is 11.5 Å². The van der Waals surface area contributed by atoms with Crippen LogP contribution in [0.25, 0.3) is 0 Å². The minimum atomic E-state index is -1.13. The van der Waals surface area contributed by atoms with Gasteiger partial charge in [0.05, 0.1) is 17.9 Å². The van der Waals surface area contributed by atoms with E-state index in [4.69, 9.17) is 9.84 Å². The van der Waals surface area contributed by atoms with E-state index in [1.807, 2.05) is 32.0 Å². The Bertz CT molecular complexity index is 765. The number of aryl methyl sites for hydroxylation is 2. The number of aromatic carboxylic acids is 1. The largest absolute Gasteiger partial charge is 0.506 e. The van der Waals surface area contributed by atoms with Crippen LogP contribution < -0.4 is 10.1 Å². The lowest BCUT2D eigenvalue weighted by Crippen LogP contribution is -2.13. The van der Waals surface area contributed by atoms with Gasteiger partial charge in [0.15, 0.2) is 0 Å². The molecule has 1 amide bonds. The Morgan fingerprint density at radius 2 is 1.80 bits per heavy atom. The summed E-state index contributed by atoms with van der Waals surface area (Å²) in [5.74, 6) is -0.791. The van der Waals surface area contributed by atoms with Crippen molar-refractivity contribution in [3.8, 4) is 11.5 Å². The molecule has 0 aromatic heterocycles. The molecule has 0 fully saturated rings. The number of hydrogen-bond acceptors (Lipinski definition) is 4. The molecule has 2 rings (SSSR count). The molecule has 2 aromatic rings. The first-order valence-corrected chi connectivity index (χ1v) is 7.93. The van der Waals surface area contributed by atoms with Crippen LogP contribution in [-0.4, -0.2) is 28.7 Å². The number of rotatable bonds is 7. The Morgan fingerprint density at radius 1 is 1.12 bits per heavy atom. The summed E-state index contributed by atoms with van der Waals surface area (Å²) >= 11 is 0. The molecule has 132 valence electrons. The van der Waals surface area contributed by atoms with Gasteiger partial charge in [0.25, 0.3) is 0 Å². The zero-order valence-electron chi connectivity index (χ0n) is 14.2. The highest BCUT2D eigenvalue weighted by molar-refractivity contribution is 5.95. The van der Waals surface area contributed by atoms with Crippen LogP contribution in [0.5, 0.6) is 11.5 Å². The van der Waals surface area contributed by atoms with E-state index >= 15 is 0 Å². The lowest BCUT2D eigenvalue weighted by molar-refractivity contribution is -0.116. The van der Waals surface area contributed by atoms with Crippen molar-refractivity contribution in [2.24, 2.45) is 0 Å². The van der Waals surface area contributed by atoms with Gasteiger partial charge in [-0.15, -0.1) is 0 Å². The van der Waals surface area contributed by atoms with Gasteiger partial charge < -0.3 is 20.3 Å². The van der Waals surface area contributed by atoms with Crippen molar-refractivity contribution in [2.75, 3.05) is 11.9 Å². The van der Waals surface area contributed by atoms with Gasteiger partial charge in [-0.3, -0.25) is 4.79 Å². The van der Waals surface area contributed by atoms with Crippen molar-refractivity contribution in [1.29, 1.82) is 0 Å². The van der Waals surface area contributed by atoms with Crippen LogP contribution in [0.2, 0.25) is 0 Å². The molecule has 0 atom stereocenters. The molecule has 25 heavy (non-hydrogen) atoms. The number of anilines is 1. The number of aromatic hydroxyl groups is 1. The summed E-state index contributed by atoms with van der Waals surface area (Å²) in [6.07, 6.45) is 0.695. The first-order valence-electron chi connectivity index (χ1n) is 7.93. The fourth-order valence-electron chi connectivity index (χ4n) is 2.42. The first kappa shape index (κ1) is 18.3. The minimum absolute atomic E-state index is 0.00791. The van der Waals surface area contributed by atoms with Crippen molar-refractivity contribution in [3.05, 3.63) is 53.1 Å². The van der Waals surface area contributed by atoms with E-state index in [1.54, 1.807) is 0 Å². The molecule has 6 nitrogen and oxygen atoms in total. The molecule has 0 aliphatic carbocycles. The number of ether oxygens (including phenoxy) is 1. The molecule has 0 unspecified atom stereocenters.